The number of nitro groups is 1. The zero-order valence-electron chi connectivity index (χ0n) is 9.02. The predicted molar refractivity (Wildman–Crippen MR) is 69.7 cm³/mol. The topological polar surface area (TPSA) is 55.2 Å². The first-order chi connectivity index (χ1) is 8.58. The van der Waals surface area contributed by atoms with E-state index in [1.54, 1.807) is 11.4 Å². The molecule has 0 saturated heterocycles. The molecular formula is C11H8ClFN2O2S. The van der Waals surface area contributed by atoms with Crippen LogP contribution in [0.1, 0.15) is 4.88 Å². The van der Waals surface area contributed by atoms with Gasteiger partial charge < -0.3 is 5.32 Å². The Hall–Kier alpha value is -1.66. The van der Waals surface area contributed by atoms with Gasteiger partial charge in [-0.15, -0.1) is 11.3 Å². The Kier molecular flexibility index (Phi) is 3.78. The predicted octanol–water partition coefficient (Wildman–Crippen LogP) is 4.06. The SMILES string of the molecule is O=[N+]([O-])c1cccc(F)c1NCc1cc(Cl)cs1. The van der Waals surface area contributed by atoms with Crippen LogP contribution in [-0.4, -0.2) is 4.92 Å². The summed E-state index contributed by atoms with van der Waals surface area (Å²) in [5.74, 6) is -0.646. The third-order valence-electron chi connectivity index (χ3n) is 2.25. The summed E-state index contributed by atoms with van der Waals surface area (Å²) in [5.41, 5.74) is -0.385. The minimum atomic E-state index is -0.646. The van der Waals surface area contributed by atoms with Crippen LogP contribution in [0.25, 0.3) is 0 Å². The van der Waals surface area contributed by atoms with Gasteiger partial charge in [-0.2, -0.15) is 0 Å². The highest BCUT2D eigenvalue weighted by atomic mass is 35.5. The molecule has 1 N–H and O–H groups in total. The van der Waals surface area contributed by atoms with Crippen LogP contribution < -0.4 is 5.32 Å². The Morgan fingerprint density at radius 1 is 1.50 bits per heavy atom. The van der Waals surface area contributed by atoms with Gasteiger partial charge in [-0.3, -0.25) is 10.1 Å². The van der Waals surface area contributed by atoms with Crippen molar-refractivity contribution in [2.75, 3.05) is 5.32 Å². The molecule has 0 aliphatic heterocycles. The molecular weight excluding hydrogens is 279 g/mol. The summed E-state index contributed by atoms with van der Waals surface area (Å²) in [6.07, 6.45) is 0. The Bertz CT molecular complexity index is 588. The highest BCUT2D eigenvalue weighted by Crippen LogP contribution is 2.28. The van der Waals surface area contributed by atoms with E-state index in [-0.39, 0.29) is 11.4 Å². The first-order valence-corrected chi connectivity index (χ1v) is 6.23. The number of anilines is 1. The Morgan fingerprint density at radius 3 is 2.89 bits per heavy atom. The lowest BCUT2D eigenvalue weighted by molar-refractivity contribution is -0.384. The second kappa shape index (κ2) is 5.32. The first-order valence-electron chi connectivity index (χ1n) is 4.97. The van der Waals surface area contributed by atoms with E-state index < -0.39 is 10.7 Å². The summed E-state index contributed by atoms with van der Waals surface area (Å²) in [6, 6.07) is 5.47. The Balaban J connectivity index is 2.20. The van der Waals surface area contributed by atoms with Crippen LogP contribution in [0.2, 0.25) is 5.02 Å². The van der Waals surface area contributed by atoms with Crippen LogP contribution in [0.4, 0.5) is 15.8 Å². The average Bonchev–Trinajstić information content (AvgIpc) is 2.73. The molecule has 0 atom stereocenters. The molecule has 0 spiro atoms. The number of rotatable bonds is 4. The van der Waals surface area contributed by atoms with Gasteiger partial charge in [0.2, 0.25) is 0 Å². The fourth-order valence-electron chi connectivity index (χ4n) is 1.46. The summed E-state index contributed by atoms with van der Waals surface area (Å²) >= 11 is 7.16. The molecule has 0 amide bonds. The molecule has 0 unspecified atom stereocenters. The van der Waals surface area contributed by atoms with Gasteiger partial charge in [0.15, 0.2) is 5.82 Å². The molecule has 1 aromatic carbocycles. The van der Waals surface area contributed by atoms with E-state index in [2.05, 4.69) is 5.32 Å². The summed E-state index contributed by atoms with van der Waals surface area (Å²) in [5, 5.41) is 15.8. The monoisotopic (exact) mass is 286 g/mol. The second-order valence-corrected chi connectivity index (χ2v) is 4.91. The Labute approximate surface area is 111 Å². The molecule has 2 aromatic rings. The van der Waals surface area contributed by atoms with E-state index in [1.165, 1.54) is 29.5 Å². The fraction of sp³-hybridized carbons (Fsp3) is 0.0909. The molecule has 0 aliphatic carbocycles. The number of thiophene rings is 1. The van der Waals surface area contributed by atoms with Crippen molar-refractivity contribution in [2.45, 2.75) is 6.54 Å². The maximum absolute atomic E-state index is 13.5. The van der Waals surface area contributed by atoms with Crippen LogP contribution in [0.5, 0.6) is 0 Å². The molecule has 0 radical (unpaired) electrons. The third kappa shape index (κ3) is 2.77. The van der Waals surface area contributed by atoms with Gasteiger partial charge >= 0.3 is 0 Å². The molecule has 94 valence electrons. The lowest BCUT2D eigenvalue weighted by Crippen LogP contribution is -2.03. The summed E-state index contributed by atoms with van der Waals surface area (Å²) in [7, 11) is 0. The van der Waals surface area contributed by atoms with Crippen molar-refractivity contribution in [1.29, 1.82) is 0 Å². The van der Waals surface area contributed by atoms with Crippen molar-refractivity contribution in [2.24, 2.45) is 0 Å². The number of benzene rings is 1. The molecule has 0 fully saturated rings. The summed E-state index contributed by atoms with van der Waals surface area (Å²) < 4.78 is 13.5. The maximum atomic E-state index is 13.5. The zero-order valence-corrected chi connectivity index (χ0v) is 10.6. The lowest BCUT2D eigenvalue weighted by Gasteiger charge is -2.06. The van der Waals surface area contributed by atoms with Crippen LogP contribution in [0, 0.1) is 15.9 Å². The van der Waals surface area contributed by atoms with Crippen LogP contribution in [0.15, 0.2) is 29.6 Å². The van der Waals surface area contributed by atoms with Gasteiger partial charge in [0, 0.05) is 22.9 Å². The van der Waals surface area contributed by atoms with E-state index in [4.69, 9.17) is 11.6 Å². The van der Waals surface area contributed by atoms with E-state index in [0.717, 1.165) is 4.88 Å². The van der Waals surface area contributed by atoms with E-state index >= 15 is 0 Å². The van der Waals surface area contributed by atoms with Gasteiger partial charge in [0.25, 0.3) is 5.69 Å². The van der Waals surface area contributed by atoms with E-state index in [0.29, 0.717) is 11.6 Å². The summed E-state index contributed by atoms with van der Waals surface area (Å²) in [4.78, 5) is 11.0. The van der Waals surface area contributed by atoms with E-state index in [1.807, 2.05) is 0 Å². The standard InChI is InChI=1S/C11H8ClFN2O2S/c12-7-4-8(18-6-7)5-14-11-9(13)2-1-3-10(11)15(16)17/h1-4,6,14H,5H2. The number of hydrogen-bond donors (Lipinski definition) is 1. The smallest absolute Gasteiger partial charge is 0.295 e. The normalized spacial score (nSPS) is 10.3. The lowest BCUT2D eigenvalue weighted by atomic mass is 10.2. The van der Waals surface area contributed by atoms with Crippen LogP contribution >= 0.6 is 22.9 Å². The van der Waals surface area contributed by atoms with Crippen LogP contribution in [-0.2, 0) is 6.54 Å². The number of halogens is 2. The molecule has 1 aromatic heterocycles. The highest BCUT2D eigenvalue weighted by molar-refractivity contribution is 7.10. The van der Waals surface area contributed by atoms with Gasteiger partial charge in [-0.05, 0) is 12.1 Å². The molecule has 18 heavy (non-hydrogen) atoms. The molecule has 0 bridgehead atoms. The van der Waals surface area contributed by atoms with E-state index in [9.17, 15) is 14.5 Å². The molecule has 2 rings (SSSR count). The number of nitrogens with one attached hydrogen (secondary N) is 1. The number of nitro benzene ring substituents is 1. The molecule has 0 aliphatic rings. The number of nitrogens with zero attached hydrogens (tertiary/aromatic N) is 1. The van der Waals surface area contributed by atoms with Gasteiger partial charge in [0.05, 0.1) is 9.95 Å². The molecule has 1 heterocycles. The fourth-order valence-corrected chi connectivity index (χ4v) is 2.47. The quantitative estimate of drug-likeness (QED) is 0.681. The average molecular weight is 287 g/mol. The Morgan fingerprint density at radius 2 is 2.28 bits per heavy atom. The number of para-hydroxylation sites is 1. The van der Waals surface area contributed by atoms with Crippen molar-refractivity contribution in [3.63, 3.8) is 0 Å². The minimum Gasteiger partial charge on any atom is -0.372 e. The van der Waals surface area contributed by atoms with Gasteiger partial charge in [-0.1, -0.05) is 17.7 Å². The summed E-state index contributed by atoms with van der Waals surface area (Å²) in [6.45, 7) is 0.291. The molecule has 7 heteroatoms. The molecule has 4 nitrogen and oxygen atoms in total. The van der Waals surface area contributed by atoms with Crippen molar-refractivity contribution < 1.29 is 9.31 Å². The molecule has 0 saturated carbocycles. The van der Waals surface area contributed by atoms with Crippen molar-refractivity contribution in [1.82, 2.24) is 0 Å². The van der Waals surface area contributed by atoms with Gasteiger partial charge in [0.1, 0.15) is 5.69 Å². The first kappa shape index (κ1) is 12.8. The van der Waals surface area contributed by atoms with Crippen molar-refractivity contribution in [3.05, 3.63) is 55.5 Å². The van der Waals surface area contributed by atoms with Crippen molar-refractivity contribution in [3.8, 4) is 0 Å². The minimum absolute atomic E-state index is 0.105. The number of hydrogen-bond acceptors (Lipinski definition) is 4. The van der Waals surface area contributed by atoms with Crippen molar-refractivity contribution >= 4 is 34.3 Å². The second-order valence-electron chi connectivity index (χ2n) is 3.48. The van der Waals surface area contributed by atoms with Crippen LogP contribution in [0.3, 0.4) is 0 Å². The maximum Gasteiger partial charge on any atom is 0.295 e. The largest absolute Gasteiger partial charge is 0.372 e. The van der Waals surface area contributed by atoms with Gasteiger partial charge in [-0.25, -0.2) is 4.39 Å². The third-order valence-corrected chi connectivity index (χ3v) is 3.53. The zero-order chi connectivity index (χ0) is 13.1. The highest BCUT2D eigenvalue weighted by Gasteiger charge is 2.17.